The third-order valence-electron chi connectivity index (χ3n) is 3.92. The molecule has 2 heteroatoms. The number of benzene rings is 2. The van der Waals surface area contributed by atoms with Crippen LogP contribution in [-0.4, -0.2) is 4.98 Å². The first kappa shape index (κ1) is 13.6. The summed E-state index contributed by atoms with van der Waals surface area (Å²) < 4.78 is 0. The summed E-state index contributed by atoms with van der Waals surface area (Å²) in [7, 11) is 0. The fraction of sp³-hybridized carbons (Fsp3) is 0.211. The van der Waals surface area contributed by atoms with Crippen molar-refractivity contribution in [2.75, 3.05) is 5.32 Å². The fourth-order valence-electron chi connectivity index (χ4n) is 2.77. The van der Waals surface area contributed by atoms with E-state index in [1.54, 1.807) is 0 Å². The molecule has 2 nitrogen and oxygen atoms in total. The van der Waals surface area contributed by atoms with Gasteiger partial charge >= 0.3 is 0 Å². The lowest BCUT2D eigenvalue weighted by atomic mass is 9.99. The smallest absolute Gasteiger partial charge is 0.0722 e. The SMILES string of the molecule is Cc1ccc(C)c(C(C)Nc2cccc3ncccc23)c1. The molecule has 3 aromatic rings. The molecular formula is C19H20N2. The molecule has 0 radical (unpaired) electrons. The molecule has 106 valence electrons. The highest BCUT2D eigenvalue weighted by molar-refractivity contribution is 5.91. The molecule has 0 fully saturated rings. The largest absolute Gasteiger partial charge is 0.378 e. The molecule has 0 amide bonds. The van der Waals surface area contributed by atoms with Crippen molar-refractivity contribution in [1.29, 1.82) is 0 Å². The van der Waals surface area contributed by atoms with E-state index in [1.165, 1.54) is 16.7 Å². The van der Waals surface area contributed by atoms with Crippen molar-refractivity contribution in [3.8, 4) is 0 Å². The summed E-state index contributed by atoms with van der Waals surface area (Å²) in [5.41, 5.74) is 6.11. The van der Waals surface area contributed by atoms with Crippen molar-refractivity contribution < 1.29 is 0 Å². The Morgan fingerprint density at radius 3 is 2.71 bits per heavy atom. The maximum absolute atomic E-state index is 4.41. The Kier molecular flexibility index (Phi) is 3.61. The summed E-state index contributed by atoms with van der Waals surface area (Å²) in [6, 6.07) is 17.2. The van der Waals surface area contributed by atoms with Gasteiger partial charge in [-0.25, -0.2) is 0 Å². The van der Waals surface area contributed by atoms with Crippen LogP contribution >= 0.6 is 0 Å². The Morgan fingerprint density at radius 1 is 1.00 bits per heavy atom. The topological polar surface area (TPSA) is 24.9 Å². The molecule has 1 aromatic heterocycles. The number of nitrogens with zero attached hydrogens (tertiary/aromatic N) is 1. The van der Waals surface area contributed by atoms with Crippen molar-refractivity contribution in [1.82, 2.24) is 4.98 Å². The average molecular weight is 276 g/mol. The normalized spacial score (nSPS) is 12.3. The number of hydrogen-bond donors (Lipinski definition) is 1. The molecule has 21 heavy (non-hydrogen) atoms. The lowest BCUT2D eigenvalue weighted by Gasteiger charge is -2.19. The van der Waals surface area contributed by atoms with Gasteiger partial charge in [-0.1, -0.05) is 29.8 Å². The molecule has 0 aliphatic rings. The number of rotatable bonds is 3. The summed E-state index contributed by atoms with van der Waals surface area (Å²) in [6.45, 7) is 6.51. The molecule has 3 rings (SSSR count). The van der Waals surface area contributed by atoms with E-state index in [2.05, 4.69) is 61.4 Å². The lowest BCUT2D eigenvalue weighted by molar-refractivity contribution is 0.874. The first-order chi connectivity index (χ1) is 10.1. The second kappa shape index (κ2) is 5.57. The third-order valence-corrected chi connectivity index (χ3v) is 3.92. The summed E-state index contributed by atoms with van der Waals surface area (Å²) in [6.07, 6.45) is 1.83. The monoisotopic (exact) mass is 276 g/mol. The fourth-order valence-corrected chi connectivity index (χ4v) is 2.77. The Hall–Kier alpha value is -2.35. The van der Waals surface area contributed by atoms with Gasteiger partial charge in [-0.3, -0.25) is 4.98 Å². The van der Waals surface area contributed by atoms with Crippen LogP contribution < -0.4 is 5.32 Å². The van der Waals surface area contributed by atoms with Gasteiger partial charge in [-0.05, 0) is 56.2 Å². The van der Waals surface area contributed by atoms with Crippen LogP contribution in [0.1, 0.15) is 29.7 Å². The second-order valence-corrected chi connectivity index (χ2v) is 5.60. The van der Waals surface area contributed by atoms with Crippen LogP contribution in [0.2, 0.25) is 0 Å². The molecule has 1 unspecified atom stereocenters. The maximum Gasteiger partial charge on any atom is 0.0722 e. The van der Waals surface area contributed by atoms with E-state index >= 15 is 0 Å². The van der Waals surface area contributed by atoms with Gasteiger partial charge in [0.1, 0.15) is 0 Å². The molecule has 0 saturated carbocycles. The van der Waals surface area contributed by atoms with Crippen LogP contribution in [0.5, 0.6) is 0 Å². The Balaban J connectivity index is 1.96. The molecule has 0 aliphatic heterocycles. The molecule has 0 aliphatic carbocycles. The van der Waals surface area contributed by atoms with Gasteiger partial charge in [0.2, 0.25) is 0 Å². The van der Waals surface area contributed by atoms with Crippen LogP contribution in [0.3, 0.4) is 0 Å². The number of pyridine rings is 1. The second-order valence-electron chi connectivity index (χ2n) is 5.60. The molecule has 0 spiro atoms. The van der Waals surface area contributed by atoms with Gasteiger partial charge in [0, 0.05) is 23.3 Å². The van der Waals surface area contributed by atoms with Crippen molar-refractivity contribution in [3.05, 3.63) is 71.4 Å². The molecule has 1 N–H and O–H groups in total. The number of anilines is 1. The van der Waals surface area contributed by atoms with Crippen LogP contribution in [0, 0.1) is 13.8 Å². The summed E-state index contributed by atoms with van der Waals surface area (Å²) >= 11 is 0. The quantitative estimate of drug-likeness (QED) is 0.726. The Bertz CT molecular complexity index is 772. The zero-order valence-electron chi connectivity index (χ0n) is 12.7. The van der Waals surface area contributed by atoms with E-state index in [0.29, 0.717) is 0 Å². The third kappa shape index (κ3) is 2.75. The van der Waals surface area contributed by atoms with Crippen molar-refractivity contribution in [2.24, 2.45) is 0 Å². The highest BCUT2D eigenvalue weighted by Crippen LogP contribution is 2.27. The molecule has 0 bridgehead atoms. The van der Waals surface area contributed by atoms with Gasteiger partial charge in [0.25, 0.3) is 0 Å². The minimum absolute atomic E-state index is 0.260. The minimum Gasteiger partial charge on any atom is -0.378 e. The predicted molar refractivity (Wildman–Crippen MR) is 89.7 cm³/mol. The number of nitrogens with one attached hydrogen (secondary N) is 1. The zero-order chi connectivity index (χ0) is 14.8. The first-order valence-electron chi connectivity index (χ1n) is 7.32. The van der Waals surface area contributed by atoms with E-state index in [-0.39, 0.29) is 6.04 Å². The summed E-state index contributed by atoms with van der Waals surface area (Å²) in [5.74, 6) is 0. The summed E-state index contributed by atoms with van der Waals surface area (Å²) in [4.78, 5) is 4.41. The van der Waals surface area contributed by atoms with Crippen LogP contribution in [-0.2, 0) is 0 Å². The molecule has 0 saturated heterocycles. The molecular weight excluding hydrogens is 256 g/mol. The number of fused-ring (bicyclic) bond motifs is 1. The van der Waals surface area contributed by atoms with Crippen molar-refractivity contribution in [3.63, 3.8) is 0 Å². The van der Waals surface area contributed by atoms with Crippen molar-refractivity contribution in [2.45, 2.75) is 26.8 Å². The average Bonchev–Trinajstić information content (AvgIpc) is 2.50. The van der Waals surface area contributed by atoms with E-state index in [4.69, 9.17) is 0 Å². The van der Waals surface area contributed by atoms with Gasteiger partial charge in [0.15, 0.2) is 0 Å². The highest BCUT2D eigenvalue weighted by Gasteiger charge is 2.10. The van der Waals surface area contributed by atoms with Gasteiger partial charge in [-0.2, -0.15) is 0 Å². The van der Waals surface area contributed by atoms with Gasteiger partial charge < -0.3 is 5.32 Å². The molecule has 2 aromatic carbocycles. The Morgan fingerprint density at radius 2 is 1.86 bits per heavy atom. The number of hydrogen-bond acceptors (Lipinski definition) is 2. The molecule has 1 atom stereocenters. The maximum atomic E-state index is 4.41. The minimum atomic E-state index is 0.260. The highest BCUT2D eigenvalue weighted by atomic mass is 14.9. The van der Waals surface area contributed by atoms with Crippen molar-refractivity contribution >= 4 is 16.6 Å². The Labute approximate surface area is 125 Å². The number of aryl methyl sites for hydroxylation is 2. The van der Waals surface area contributed by atoms with Gasteiger partial charge in [0.05, 0.1) is 5.52 Å². The van der Waals surface area contributed by atoms with E-state index < -0.39 is 0 Å². The lowest BCUT2D eigenvalue weighted by Crippen LogP contribution is -2.09. The van der Waals surface area contributed by atoms with E-state index in [0.717, 1.165) is 16.6 Å². The van der Waals surface area contributed by atoms with E-state index in [1.807, 2.05) is 24.4 Å². The van der Waals surface area contributed by atoms with E-state index in [9.17, 15) is 0 Å². The van der Waals surface area contributed by atoms with Crippen LogP contribution in [0.4, 0.5) is 5.69 Å². The van der Waals surface area contributed by atoms with Crippen LogP contribution in [0.25, 0.3) is 10.9 Å². The summed E-state index contributed by atoms with van der Waals surface area (Å²) in [5, 5.41) is 4.79. The number of aromatic nitrogens is 1. The predicted octanol–water partition coefficient (Wildman–Crippen LogP) is 5.02. The standard InChI is InChI=1S/C19H20N2/c1-13-9-10-14(2)17(12-13)15(3)21-19-8-4-7-18-16(19)6-5-11-20-18/h4-12,15,21H,1-3H3. The molecule has 1 heterocycles. The van der Waals surface area contributed by atoms with Gasteiger partial charge in [-0.15, -0.1) is 0 Å². The first-order valence-corrected chi connectivity index (χ1v) is 7.32. The zero-order valence-corrected chi connectivity index (χ0v) is 12.7. The van der Waals surface area contributed by atoms with Crippen LogP contribution in [0.15, 0.2) is 54.7 Å².